The first-order valence-electron chi connectivity index (χ1n) is 23.8. The van der Waals surface area contributed by atoms with E-state index in [1.165, 1.54) is 51.4 Å². The topological polar surface area (TPSA) is 99.1 Å². The first-order valence-corrected chi connectivity index (χ1v) is 23.8. The summed E-state index contributed by atoms with van der Waals surface area (Å²) in [5, 5.41) is 9.64. The summed E-state index contributed by atoms with van der Waals surface area (Å²) < 4.78 is 17.2. The quantitative estimate of drug-likeness (QED) is 0.0283. The number of quaternary nitrogens is 1. The molecule has 2 atom stereocenters. The second kappa shape index (κ2) is 42.9. The summed E-state index contributed by atoms with van der Waals surface area (Å²) in [6.07, 6.45) is 57.4. The molecule has 0 aromatic rings. The molecule has 0 aromatic carbocycles. The van der Waals surface area contributed by atoms with Crippen LogP contribution in [0, 0.1) is 0 Å². The molecule has 0 heterocycles. The molecule has 0 rings (SSSR count). The predicted octanol–water partition coefficient (Wildman–Crippen LogP) is 13.5. The van der Waals surface area contributed by atoms with Crippen molar-refractivity contribution in [1.29, 1.82) is 0 Å². The van der Waals surface area contributed by atoms with Crippen LogP contribution in [0.1, 0.15) is 168 Å². The fourth-order valence-electron chi connectivity index (χ4n) is 6.31. The second-order valence-electron chi connectivity index (χ2n) is 16.6. The first kappa shape index (κ1) is 57.2. The van der Waals surface area contributed by atoms with Gasteiger partial charge >= 0.3 is 17.9 Å². The third-order valence-corrected chi connectivity index (χ3v) is 9.97. The van der Waals surface area contributed by atoms with E-state index in [9.17, 15) is 19.5 Å². The normalized spacial score (nSPS) is 13.8. The fourth-order valence-corrected chi connectivity index (χ4v) is 6.31. The van der Waals surface area contributed by atoms with E-state index in [-0.39, 0.29) is 42.7 Å². The zero-order valence-electron chi connectivity index (χ0n) is 39.3. The molecule has 0 aliphatic rings. The molecular weight excluding hydrogens is 763 g/mol. The number of nitrogens with zero attached hydrogens (tertiary/aromatic N) is 1. The van der Waals surface area contributed by atoms with Gasteiger partial charge in [0.1, 0.15) is 6.61 Å². The van der Waals surface area contributed by atoms with E-state index in [0.717, 1.165) is 77.0 Å². The molecule has 0 amide bonds. The van der Waals surface area contributed by atoms with Crippen LogP contribution in [0.4, 0.5) is 0 Å². The fraction of sp³-hybridized carbons (Fsp3) is 0.642. The summed E-state index contributed by atoms with van der Waals surface area (Å²) >= 11 is 0. The zero-order chi connectivity index (χ0) is 44.9. The van der Waals surface area contributed by atoms with Gasteiger partial charge in [-0.2, -0.15) is 0 Å². The lowest BCUT2D eigenvalue weighted by molar-refractivity contribution is -0.887. The molecule has 0 spiro atoms. The number of carboxylic acid groups (broad SMARTS) is 1. The number of aliphatic carboxylic acids is 1. The van der Waals surface area contributed by atoms with Gasteiger partial charge in [0.15, 0.2) is 12.1 Å². The molecule has 1 N–H and O–H groups in total. The standard InChI is InChI=1S/C53H87NO7/c1-6-8-10-12-14-16-18-20-22-24-25-26-28-30-32-34-36-38-40-42-44-52(56)61-49(47-59-46-45-50(53(57)58)54(3,4)5)48-60-51(55)43-41-39-37-35-33-31-29-27-23-21-19-17-15-13-11-9-7-2/h8,10,14-17,20-23,25-26,30,32,36,38,49-50H,6-7,9,11-13,18-19,24,27-29,31,33-35,37,39-48H2,1-5H3/p+1/b10-8+,16-14+,17-15+,22-20+,23-21+,26-25+,32-30+,38-36+. The molecule has 61 heavy (non-hydrogen) atoms. The van der Waals surface area contributed by atoms with Crippen molar-refractivity contribution in [3.05, 3.63) is 97.2 Å². The van der Waals surface area contributed by atoms with Crippen LogP contribution in [0.3, 0.4) is 0 Å². The van der Waals surface area contributed by atoms with Crippen molar-refractivity contribution in [1.82, 2.24) is 0 Å². The molecule has 0 aliphatic carbocycles. The number of rotatable bonds is 41. The average Bonchev–Trinajstić information content (AvgIpc) is 3.22. The zero-order valence-corrected chi connectivity index (χ0v) is 39.3. The number of carbonyl (C=O) groups is 3. The van der Waals surface area contributed by atoms with Crippen LogP contribution in [-0.4, -0.2) is 80.6 Å². The maximum Gasteiger partial charge on any atom is 0.362 e. The summed E-state index contributed by atoms with van der Waals surface area (Å²) in [7, 11) is 5.50. The molecular formula is C53H88NO7+. The molecule has 8 nitrogen and oxygen atoms in total. The van der Waals surface area contributed by atoms with Crippen molar-refractivity contribution < 1.29 is 38.2 Å². The third-order valence-electron chi connectivity index (χ3n) is 9.97. The van der Waals surface area contributed by atoms with Crippen LogP contribution in [0.2, 0.25) is 0 Å². The Morgan fingerprint density at radius 1 is 0.508 bits per heavy atom. The van der Waals surface area contributed by atoms with Gasteiger partial charge in [-0.3, -0.25) is 9.59 Å². The highest BCUT2D eigenvalue weighted by atomic mass is 16.6. The van der Waals surface area contributed by atoms with Gasteiger partial charge in [-0.1, -0.05) is 156 Å². The highest BCUT2D eigenvalue weighted by Gasteiger charge is 2.31. The van der Waals surface area contributed by atoms with Crippen LogP contribution < -0.4 is 0 Å². The van der Waals surface area contributed by atoms with E-state index in [1.807, 2.05) is 21.1 Å². The van der Waals surface area contributed by atoms with Crippen molar-refractivity contribution in [2.45, 2.75) is 180 Å². The van der Waals surface area contributed by atoms with E-state index >= 15 is 0 Å². The Balaban J connectivity index is 4.44. The van der Waals surface area contributed by atoms with Crippen LogP contribution in [-0.2, 0) is 28.6 Å². The summed E-state index contributed by atoms with van der Waals surface area (Å²) in [5.41, 5.74) is 0. The Labute approximate surface area is 373 Å². The van der Waals surface area contributed by atoms with Crippen LogP contribution in [0.5, 0.6) is 0 Å². The lowest BCUT2D eigenvalue weighted by Crippen LogP contribution is -2.50. The molecule has 0 aromatic heterocycles. The van der Waals surface area contributed by atoms with E-state index in [0.29, 0.717) is 19.3 Å². The lowest BCUT2D eigenvalue weighted by Gasteiger charge is -2.31. The molecule has 0 fully saturated rings. The Hall–Kier alpha value is -3.75. The van der Waals surface area contributed by atoms with Crippen molar-refractivity contribution >= 4 is 17.9 Å². The number of allylic oxidation sites excluding steroid dienone is 16. The van der Waals surface area contributed by atoms with E-state index in [1.54, 1.807) is 0 Å². The number of carboxylic acids is 1. The van der Waals surface area contributed by atoms with Crippen molar-refractivity contribution in [3.8, 4) is 0 Å². The maximum atomic E-state index is 12.7. The summed E-state index contributed by atoms with van der Waals surface area (Å²) in [6.45, 7) is 4.51. The highest BCUT2D eigenvalue weighted by molar-refractivity contribution is 5.72. The number of hydrogen-bond acceptors (Lipinski definition) is 6. The Bertz CT molecular complexity index is 1310. The number of esters is 2. The molecule has 8 heteroatoms. The van der Waals surface area contributed by atoms with Crippen LogP contribution in [0.25, 0.3) is 0 Å². The van der Waals surface area contributed by atoms with Gasteiger partial charge in [-0.25, -0.2) is 4.79 Å². The van der Waals surface area contributed by atoms with Crippen molar-refractivity contribution in [3.63, 3.8) is 0 Å². The van der Waals surface area contributed by atoms with Gasteiger partial charge < -0.3 is 23.8 Å². The third kappa shape index (κ3) is 41.4. The Morgan fingerprint density at radius 3 is 1.41 bits per heavy atom. The first-order chi connectivity index (χ1) is 29.6. The average molecular weight is 851 g/mol. The molecule has 0 saturated carbocycles. The minimum atomic E-state index is -0.889. The molecule has 0 aliphatic heterocycles. The molecule has 0 bridgehead atoms. The van der Waals surface area contributed by atoms with Gasteiger partial charge in [0.05, 0.1) is 34.4 Å². The molecule has 346 valence electrons. The molecule has 0 saturated heterocycles. The van der Waals surface area contributed by atoms with Gasteiger partial charge in [0.2, 0.25) is 0 Å². The Kier molecular flexibility index (Phi) is 40.3. The number of likely N-dealkylation sites (N-methyl/N-ethyl adjacent to an activating group) is 1. The Morgan fingerprint density at radius 2 is 0.934 bits per heavy atom. The number of unbranched alkanes of at least 4 members (excludes halogenated alkanes) is 11. The van der Waals surface area contributed by atoms with E-state index in [2.05, 4.69) is 111 Å². The molecule has 0 radical (unpaired) electrons. The van der Waals surface area contributed by atoms with Gasteiger partial charge in [0, 0.05) is 19.3 Å². The predicted molar refractivity (Wildman–Crippen MR) is 256 cm³/mol. The number of ether oxygens (including phenoxy) is 3. The van der Waals surface area contributed by atoms with Crippen LogP contribution in [0.15, 0.2) is 97.2 Å². The van der Waals surface area contributed by atoms with Gasteiger partial charge in [-0.15, -0.1) is 0 Å². The van der Waals surface area contributed by atoms with Crippen molar-refractivity contribution in [2.75, 3.05) is 41.0 Å². The SMILES string of the molecule is CC/C=C/C/C=C/C/C=C/C/C=C/C/C=C/C/C=C/CCCC(=O)OC(COCCC(C(=O)O)[N+](C)(C)C)COC(=O)CCCCCCCCC/C=C/C/C=C/CCCCC. The minimum absolute atomic E-state index is 0.0294. The van der Waals surface area contributed by atoms with Gasteiger partial charge in [0.25, 0.3) is 0 Å². The lowest BCUT2D eigenvalue weighted by atomic mass is 10.1. The smallest absolute Gasteiger partial charge is 0.362 e. The number of hydrogen-bond donors (Lipinski definition) is 1. The minimum Gasteiger partial charge on any atom is -0.477 e. The highest BCUT2D eigenvalue weighted by Crippen LogP contribution is 2.13. The largest absolute Gasteiger partial charge is 0.477 e. The monoisotopic (exact) mass is 851 g/mol. The van der Waals surface area contributed by atoms with Gasteiger partial charge in [-0.05, 0) is 89.9 Å². The number of carbonyl (C=O) groups excluding carboxylic acids is 2. The van der Waals surface area contributed by atoms with Crippen molar-refractivity contribution in [2.24, 2.45) is 0 Å². The van der Waals surface area contributed by atoms with E-state index < -0.39 is 18.1 Å². The maximum absolute atomic E-state index is 12.7. The summed E-state index contributed by atoms with van der Waals surface area (Å²) in [4.78, 5) is 37.1. The summed E-state index contributed by atoms with van der Waals surface area (Å²) in [5.74, 6) is -1.57. The summed E-state index contributed by atoms with van der Waals surface area (Å²) in [6, 6.07) is -0.632. The molecule has 2 unspecified atom stereocenters. The second-order valence-corrected chi connectivity index (χ2v) is 16.6. The van der Waals surface area contributed by atoms with Crippen LogP contribution >= 0.6 is 0 Å². The van der Waals surface area contributed by atoms with E-state index in [4.69, 9.17) is 14.2 Å².